The highest BCUT2D eigenvalue weighted by atomic mass is 19.3. The number of hydrogen-bond acceptors (Lipinski definition) is 4. The van der Waals surface area contributed by atoms with Crippen LogP contribution in [0.4, 0.5) is 18.4 Å². The molecule has 2 aliphatic heterocycles. The van der Waals surface area contributed by atoms with E-state index >= 15 is 0 Å². The van der Waals surface area contributed by atoms with Gasteiger partial charge in [-0.05, 0) is 0 Å². The Bertz CT molecular complexity index is 369. The van der Waals surface area contributed by atoms with Gasteiger partial charge in [-0.15, -0.1) is 0 Å². The molecule has 2 saturated heterocycles. The van der Waals surface area contributed by atoms with E-state index in [4.69, 9.17) is 9.84 Å². The Morgan fingerprint density at radius 2 is 1.75 bits per heavy atom. The summed E-state index contributed by atoms with van der Waals surface area (Å²) < 4.78 is 29.5. The molecule has 0 aromatic carbocycles. The lowest BCUT2D eigenvalue weighted by Crippen LogP contribution is -2.57. The number of carboxylic acid groups (broad SMARTS) is 1. The van der Waals surface area contributed by atoms with Crippen LogP contribution in [0.3, 0.4) is 0 Å². The minimum absolute atomic E-state index is 0.187. The van der Waals surface area contributed by atoms with Gasteiger partial charge in [0.25, 0.3) is 6.43 Å². The summed E-state index contributed by atoms with van der Waals surface area (Å²) in [4.78, 5) is 26.5. The quantitative estimate of drug-likeness (QED) is 0.814. The van der Waals surface area contributed by atoms with E-state index in [-0.39, 0.29) is 19.6 Å². The molecule has 0 spiro atoms. The normalized spacial score (nSPS) is 20.9. The van der Waals surface area contributed by atoms with Gasteiger partial charge < -0.3 is 19.6 Å². The molecule has 2 rings (SSSR count). The fraction of sp³-hybridized carbons (Fsp3) is 0.818. The maximum absolute atomic E-state index is 12.2. The van der Waals surface area contributed by atoms with Crippen molar-refractivity contribution in [2.75, 3.05) is 45.8 Å². The third-order valence-corrected chi connectivity index (χ3v) is 3.41. The Balaban J connectivity index is 1.67. The summed E-state index contributed by atoms with van der Waals surface area (Å²) in [5.41, 5.74) is 0. The molecule has 0 bridgehead atoms. The van der Waals surface area contributed by atoms with Gasteiger partial charge in [0, 0.05) is 26.2 Å². The average molecular weight is 293 g/mol. The van der Waals surface area contributed by atoms with E-state index < -0.39 is 24.7 Å². The highest BCUT2D eigenvalue weighted by Gasteiger charge is 2.35. The molecular formula is C11H17F2N3O4. The molecular weight excluding hydrogens is 276 g/mol. The molecule has 0 saturated carbocycles. The van der Waals surface area contributed by atoms with Gasteiger partial charge in [0.05, 0.1) is 19.6 Å². The third-order valence-electron chi connectivity index (χ3n) is 3.41. The van der Waals surface area contributed by atoms with Crippen molar-refractivity contribution in [3.8, 4) is 0 Å². The van der Waals surface area contributed by atoms with E-state index in [1.807, 2.05) is 0 Å². The second-order valence-corrected chi connectivity index (χ2v) is 4.87. The first-order chi connectivity index (χ1) is 9.45. The fourth-order valence-electron chi connectivity index (χ4n) is 2.19. The van der Waals surface area contributed by atoms with Crippen LogP contribution >= 0.6 is 0 Å². The third kappa shape index (κ3) is 3.69. The van der Waals surface area contributed by atoms with E-state index in [0.717, 1.165) is 4.90 Å². The van der Waals surface area contributed by atoms with Crippen molar-refractivity contribution in [3.63, 3.8) is 0 Å². The molecule has 2 amide bonds. The van der Waals surface area contributed by atoms with Gasteiger partial charge in [-0.25, -0.2) is 18.4 Å². The zero-order valence-electron chi connectivity index (χ0n) is 10.9. The molecule has 1 N–H and O–H groups in total. The molecule has 2 heterocycles. The second kappa shape index (κ2) is 6.21. The van der Waals surface area contributed by atoms with Crippen LogP contribution in [0, 0.1) is 0 Å². The lowest BCUT2D eigenvalue weighted by Gasteiger charge is -2.39. The van der Waals surface area contributed by atoms with Crippen LogP contribution in [0.1, 0.15) is 0 Å². The van der Waals surface area contributed by atoms with E-state index in [1.165, 1.54) is 4.90 Å². The summed E-state index contributed by atoms with van der Waals surface area (Å²) in [6.45, 7) is 1.58. The molecule has 114 valence electrons. The molecule has 20 heavy (non-hydrogen) atoms. The van der Waals surface area contributed by atoms with Crippen LogP contribution in [0.2, 0.25) is 0 Å². The molecule has 0 radical (unpaired) electrons. The number of nitrogens with zero attached hydrogens (tertiary/aromatic N) is 3. The number of hydrogen-bond donors (Lipinski definition) is 1. The SMILES string of the molecule is O=C(O)N1CC(OC(=O)N2CCN(CC(F)F)CC2)C1. The Morgan fingerprint density at radius 1 is 1.15 bits per heavy atom. The Morgan fingerprint density at radius 3 is 2.25 bits per heavy atom. The topological polar surface area (TPSA) is 73.3 Å². The summed E-state index contributed by atoms with van der Waals surface area (Å²) in [5, 5.41) is 8.64. The number of likely N-dealkylation sites (tertiary alicyclic amines) is 1. The maximum Gasteiger partial charge on any atom is 0.410 e. The predicted molar refractivity (Wildman–Crippen MR) is 63.9 cm³/mol. The van der Waals surface area contributed by atoms with Crippen molar-refractivity contribution in [2.24, 2.45) is 0 Å². The summed E-state index contributed by atoms with van der Waals surface area (Å²) in [6.07, 6.45) is -4.31. The number of rotatable bonds is 3. The number of halogens is 2. The molecule has 2 aliphatic rings. The van der Waals surface area contributed by atoms with Gasteiger partial charge in [0.15, 0.2) is 0 Å². The molecule has 0 atom stereocenters. The van der Waals surface area contributed by atoms with Crippen molar-refractivity contribution >= 4 is 12.2 Å². The van der Waals surface area contributed by atoms with E-state index in [1.54, 1.807) is 4.90 Å². The maximum atomic E-state index is 12.2. The van der Waals surface area contributed by atoms with Crippen molar-refractivity contribution in [1.29, 1.82) is 0 Å². The van der Waals surface area contributed by atoms with Crippen LogP contribution in [0.15, 0.2) is 0 Å². The van der Waals surface area contributed by atoms with Gasteiger partial charge in [0.1, 0.15) is 6.10 Å². The average Bonchev–Trinajstić information content (AvgIpc) is 2.32. The monoisotopic (exact) mass is 293 g/mol. The zero-order chi connectivity index (χ0) is 14.7. The van der Waals surface area contributed by atoms with Gasteiger partial charge in [0.2, 0.25) is 0 Å². The minimum atomic E-state index is -2.37. The number of amides is 2. The Labute approximate surface area is 114 Å². The summed E-state index contributed by atoms with van der Waals surface area (Å²) in [7, 11) is 0. The van der Waals surface area contributed by atoms with Crippen LogP contribution < -0.4 is 0 Å². The molecule has 9 heteroatoms. The Hall–Kier alpha value is -1.64. The molecule has 2 fully saturated rings. The molecule has 0 aliphatic carbocycles. The first-order valence-corrected chi connectivity index (χ1v) is 6.39. The number of alkyl halides is 2. The second-order valence-electron chi connectivity index (χ2n) is 4.87. The van der Waals surface area contributed by atoms with Crippen LogP contribution in [-0.2, 0) is 4.74 Å². The number of ether oxygens (including phenoxy) is 1. The highest BCUT2D eigenvalue weighted by molar-refractivity contribution is 5.69. The first kappa shape index (κ1) is 14.8. The number of carbonyl (C=O) groups is 2. The van der Waals surface area contributed by atoms with E-state index in [0.29, 0.717) is 26.2 Å². The summed E-state index contributed by atoms with van der Waals surface area (Å²) in [6, 6.07) is 0. The minimum Gasteiger partial charge on any atom is -0.465 e. The predicted octanol–water partition coefficient (Wildman–Crippen LogP) is 0.368. The molecule has 7 nitrogen and oxygen atoms in total. The lowest BCUT2D eigenvalue weighted by atomic mass is 10.2. The Kier molecular flexibility index (Phi) is 4.58. The molecule has 0 unspecified atom stereocenters. The molecule has 0 aromatic rings. The van der Waals surface area contributed by atoms with Crippen molar-refractivity contribution in [3.05, 3.63) is 0 Å². The van der Waals surface area contributed by atoms with Crippen LogP contribution in [-0.4, -0.2) is 90.3 Å². The zero-order valence-corrected chi connectivity index (χ0v) is 10.9. The van der Waals surface area contributed by atoms with Crippen LogP contribution in [0.25, 0.3) is 0 Å². The van der Waals surface area contributed by atoms with Crippen LogP contribution in [0.5, 0.6) is 0 Å². The largest absolute Gasteiger partial charge is 0.465 e. The van der Waals surface area contributed by atoms with E-state index in [2.05, 4.69) is 0 Å². The van der Waals surface area contributed by atoms with Gasteiger partial charge in [-0.1, -0.05) is 0 Å². The molecule has 0 aromatic heterocycles. The highest BCUT2D eigenvalue weighted by Crippen LogP contribution is 2.14. The standard InChI is InChI=1S/C11H17F2N3O4/c12-9(13)7-14-1-3-15(4-2-14)11(19)20-8-5-16(6-8)10(17)18/h8-9H,1-7H2,(H,17,18). The summed E-state index contributed by atoms with van der Waals surface area (Å²) >= 11 is 0. The lowest BCUT2D eigenvalue weighted by molar-refractivity contribution is -0.0248. The van der Waals surface area contributed by atoms with Crippen molar-refractivity contribution < 1.29 is 28.2 Å². The number of carbonyl (C=O) groups excluding carboxylic acids is 1. The fourth-order valence-corrected chi connectivity index (χ4v) is 2.19. The van der Waals surface area contributed by atoms with Crippen molar-refractivity contribution in [2.45, 2.75) is 12.5 Å². The van der Waals surface area contributed by atoms with E-state index in [9.17, 15) is 18.4 Å². The first-order valence-electron chi connectivity index (χ1n) is 6.39. The number of piperazine rings is 1. The summed E-state index contributed by atoms with van der Waals surface area (Å²) in [5.74, 6) is 0. The van der Waals surface area contributed by atoms with Gasteiger partial charge in [-0.3, -0.25) is 4.90 Å². The van der Waals surface area contributed by atoms with Crippen molar-refractivity contribution in [1.82, 2.24) is 14.7 Å². The van der Waals surface area contributed by atoms with Gasteiger partial charge >= 0.3 is 12.2 Å². The smallest absolute Gasteiger partial charge is 0.410 e. The van der Waals surface area contributed by atoms with Gasteiger partial charge in [-0.2, -0.15) is 0 Å².